The van der Waals surface area contributed by atoms with Crippen molar-refractivity contribution in [2.45, 2.75) is 12.5 Å². The Kier molecular flexibility index (Phi) is 3.54. The summed E-state index contributed by atoms with van der Waals surface area (Å²) in [7, 11) is 0. The van der Waals surface area contributed by atoms with Crippen molar-refractivity contribution >= 4 is 29.3 Å². The van der Waals surface area contributed by atoms with Crippen LogP contribution in [0, 0.1) is 0 Å². The number of nitrogens with one attached hydrogen (secondary N) is 1. The number of hydrogen-bond acceptors (Lipinski definition) is 2. The topological polar surface area (TPSA) is 29.1 Å². The van der Waals surface area contributed by atoms with Crippen LogP contribution in [0.3, 0.4) is 0 Å². The monoisotopic (exact) mass is 241 g/mol. The van der Waals surface area contributed by atoms with E-state index in [1.807, 2.05) is 24.3 Å². The van der Waals surface area contributed by atoms with E-state index < -0.39 is 0 Å². The Bertz CT molecular complexity index is 369. The SMILES string of the molecule is O=C1CCSCC(c2cccc(Cl)c2)N1. The first-order valence-corrected chi connectivity index (χ1v) is 6.41. The van der Waals surface area contributed by atoms with Crippen LogP contribution in [0.15, 0.2) is 24.3 Å². The van der Waals surface area contributed by atoms with Crippen molar-refractivity contribution in [3.05, 3.63) is 34.9 Å². The summed E-state index contributed by atoms with van der Waals surface area (Å²) >= 11 is 7.72. The normalized spacial score (nSPS) is 21.9. The molecule has 1 fully saturated rings. The van der Waals surface area contributed by atoms with Gasteiger partial charge in [-0.3, -0.25) is 4.79 Å². The summed E-state index contributed by atoms with van der Waals surface area (Å²) in [6.45, 7) is 0. The summed E-state index contributed by atoms with van der Waals surface area (Å²) in [5.41, 5.74) is 1.09. The van der Waals surface area contributed by atoms with Gasteiger partial charge in [0.05, 0.1) is 6.04 Å². The van der Waals surface area contributed by atoms with Crippen LogP contribution < -0.4 is 5.32 Å². The van der Waals surface area contributed by atoms with E-state index in [1.54, 1.807) is 11.8 Å². The Hall–Kier alpha value is -0.670. The molecule has 0 saturated carbocycles. The van der Waals surface area contributed by atoms with E-state index in [2.05, 4.69) is 5.32 Å². The predicted octanol–water partition coefficient (Wildman–Crippen LogP) is 2.63. The third-order valence-corrected chi connectivity index (χ3v) is 3.64. The van der Waals surface area contributed by atoms with Crippen LogP contribution in [0.25, 0.3) is 0 Å². The molecule has 1 heterocycles. The smallest absolute Gasteiger partial charge is 0.221 e. The first-order chi connectivity index (χ1) is 7.25. The van der Waals surface area contributed by atoms with Crippen LogP contribution in [-0.4, -0.2) is 17.4 Å². The quantitative estimate of drug-likeness (QED) is 0.819. The Morgan fingerprint density at radius 3 is 3.13 bits per heavy atom. The zero-order valence-electron chi connectivity index (χ0n) is 8.20. The Morgan fingerprint density at radius 2 is 2.33 bits per heavy atom. The zero-order valence-corrected chi connectivity index (χ0v) is 9.77. The molecule has 1 atom stereocenters. The highest BCUT2D eigenvalue weighted by Gasteiger charge is 2.18. The van der Waals surface area contributed by atoms with E-state index in [0.717, 1.165) is 22.1 Å². The number of carbonyl (C=O) groups is 1. The van der Waals surface area contributed by atoms with E-state index in [9.17, 15) is 4.79 Å². The molecule has 1 amide bonds. The second-order valence-corrected chi connectivity index (χ2v) is 5.09. The summed E-state index contributed by atoms with van der Waals surface area (Å²) in [6.07, 6.45) is 0.613. The van der Waals surface area contributed by atoms with Gasteiger partial charge in [-0.15, -0.1) is 0 Å². The molecule has 1 aromatic rings. The van der Waals surface area contributed by atoms with Crippen molar-refractivity contribution in [1.82, 2.24) is 5.32 Å². The molecule has 0 spiro atoms. The lowest BCUT2D eigenvalue weighted by atomic mass is 10.1. The molecule has 0 radical (unpaired) electrons. The second kappa shape index (κ2) is 4.90. The van der Waals surface area contributed by atoms with Crippen LogP contribution >= 0.6 is 23.4 Å². The Balaban J connectivity index is 2.18. The van der Waals surface area contributed by atoms with Crippen LogP contribution in [0.2, 0.25) is 5.02 Å². The molecule has 1 unspecified atom stereocenters. The molecule has 0 aromatic heterocycles. The first kappa shape index (κ1) is 10.8. The van der Waals surface area contributed by atoms with Gasteiger partial charge in [-0.1, -0.05) is 23.7 Å². The molecule has 0 aliphatic carbocycles. The van der Waals surface area contributed by atoms with E-state index in [0.29, 0.717) is 6.42 Å². The minimum Gasteiger partial charge on any atom is -0.348 e. The van der Waals surface area contributed by atoms with Crippen molar-refractivity contribution in [3.63, 3.8) is 0 Å². The molecular formula is C11H12ClNOS. The summed E-state index contributed by atoms with van der Waals surface area (Å²) in [6, 6.07) is 7.78. The number of hydrogen-bond donors (Lipinski definition) is 1. The maximum atomic E-state index is 11.4. The van der Waals surface area contributed by atoms with Gasteiger partial charge in [0.15, 0.2) is 0 Å². The number of thioether (sulfide) groups is 1. The Labute approximate surface area is 98.4 Å². The van der Waals surface area contributed by atoms with Gasteiger partial charge < -0.3 is 5.32 Å². The first-order valence-electron chi connectivity index (χ1n) is 4.88. The maximum Gasteiger partial charge on any atom is 0.221 e. The van der Waals surface area contributed by atoms with Crippen molar-refractivity contribution in [2.24, 2.45) is 0 Å². The van der Waals surface area contributed by atoms with Crippen molar-refractivity contribution in [3.8, 4) is 0 Å². The average Bonchev–Trinajstić information content (AvgIpc) is 2.43. The predicted molar refractivity (Wildman–Crippen MR) is 64.3 cm³/mol. The van der Waals surface area contributed by atoms with Gasteiger partial charge in [0, 0.05) is 22.9 Å². The number of rotatable bonds is 1. The molecule has 80 valence electrons. The number of benzene rings is 1. The minimum atomic E-state index is 0.101. The van der Waals surface area contributed by atoms with E-state index in [-0.39, 0.29) is 11.9 Å². The van der Waals surface area contributed by atoms with Gasteiger partial charge in [0.25, 0.3) is 0 Å². The second-order valence-electron chi connectivity index (χ2n) is 3.50. The standard InChI is InChI=1S/C11H12ClNOS/c12-9-3-1-2-8(6-9)10-7-15-5-4-11(14)13-10/h1-3,6,10H,4-5,7H2,(H,13,14). The molecule has 2 nitrogen and oxygen atoms in total. The molecule has 0 bridgehead atoms. The average molecular weight is 242 g/mol. The highest BCUT2D eigenvalue weighted by Crippen LogP contribution is 2.23. The molecule has 1 saturated heterocycles. The van der Waals surface area contributed by atoms with Crippen LogP contribution in [0.5, 0.6) is 0 Å². The molecule has 1 aliphatic heterocycles. The van der Waals surface area contributed by atoms with Gasteiger partial charge in [-0.05, 0) is 17.7 Å². The molecule has 4 heteroatoms. The third kappa shape index (κ3) is 2.89. The Morgan fingerprint density at radius 1 is 1.47 bits per heavy atom. The minimum absolute atomic E-state index is 0.101. The fourth-order valence-corrected chi connectivity index (χ4v) is 2.78. The van der Waals surface area contributed by atoms with Gasteiger partial charge in [0.2, 0.25) is 5.91 Å². The van der Waals surface area contributed by atoms with E-state index in [1.165, 1.54) is 0 Å². The highest BCUT2D eigenvalue weighted by molar-refractivity contribution is 7.99. The number of amides is 1. The fraction of sp³-hybridized carbons (Fsp3) is 0.364. The van der Waals surface area contributed by atoms with Gasteiger partial charge in [-0.2, -0.15) is 11.8 Å². The largest absolute Gasteiger partial charge is 0.348 e. The summed E-state index contributed by atoms with van der Waals surface area (Å²) in [5.74, 6) is 1.96. The van der Waals surface area contributed by atoms with Crippen LogP contribution in [-0.2, 0) is 4.79 Å². The number of carbonyl (C=O) groups excluding carboxylic acids is 1. The van der Waals surface area contributed by atoms with Crippen molar-refractivity contribution in [1.29, 1.82) is 0 Å². The maximum absolute atomic E-state index is 11.4. The van der Waals surface area contributed by atoms with Gasteiger partial charge in [-0.25, -0.2) is 0 Å². The molecule has 1 aromatic carbocycles. The molecular weight excluding hydrogens is 230 g/mol. The summed E-state index contributed by atoms with van der Waals surface area (Å²) in [4.78, 5) is 11.4. The van der Waals surface area contributed by atoms with Gasteiger partial charge in [0.1, 0.15) is 0 Å². The molecule has 1 N–H and O–H groups in total. The highest BCUT2D eigenvalue weighted by atomic mass is 35.5. The van der Waals surface area contributed by atoms with E-state index in [4.69, 9.17) is 11.6 Å². The van der Waals surface area contributed by atoms with E-state index >= 15 is 0 Å². The fourth-order valence-electron chi connectivity index (χ4n) is 1.58. The van der Waals surface area contributed by atoms with Crippen molar-refractivity contribution < 1.29 is 4.79 Å². The molecule has 15 heavy (non-hydrogen) atoms. The van der Waals surface area contributed by atoms with Gasteiger partial charge >= 0.3 is 0 Å². The number of halogens is 1. The lowest BCUT2D eigenvalue weighted by molar-refractivity contribution is -0.121. The lowest BCUT2D eigenvalue weighted by Crippen LogP contribution is -2.27. The molecule has 1 aliphatic rings. The van der Waals surface area contributed by atoms with Crippen molar-refractivity contribution in [2.75, 3.05) is 11.5 Å². The molecule has 2 rings (SSSR count). The van der Waals surface area contributed by atoms with Crippen LogP contribution in [0.4, 0.5) is 0 Å². The third-order valence-electron chi connectivity index (χ3n) is 2.34. The van der Waals surface area contributed by atoms with Crippen LogP contribution in [0.1, 0.15) is 18.0 Å². The summed E-state index contributed by atoms with van der Waals surface area (Å²) in [5, 5.41) is 3.72. The zero-order chi connectivity index (χ0) is 10.7. The summed E-state index contributed by atoms with van der Waals surface area (Å²) < 4.78 is 0. The lowest BCUT2D eigenvalue weighted by Gasteiger charge is -2.15.